The van der Waals surface area contributed by atoms with E-state index in [2.05, 4.69) is 10.6 Å². The van der Waals surface area contributed by atoms with Crippen LogP contribution in [0.15, 0.2) is 90.6 Å². The topological polar surface area (TPSA) is 74.2 Å². The second-order valence-electron chi connectivity index (χ2n) is 6.07. The quantitative estimate of drug-likeness (QED) is 0.460. The van der Waals surface area contributed by atoms with Gasteiger partial charge in [-0.25, -0.2) is 0 Å². The van der Waals surface area contributed by atoms with Crippen molar-refractivity contribution in [1.82, 2.24) is 0 Å². The van der Waals surface area contributed by atoms with Crippen molar-refractivity contribution in [3.05, 3.63) is 96.2 Å². The van der Waals surface area contributed by atoms with E-state index >= 15 is 0 Å². The zero-order valence-corrected chi connectivity index (χ0v) is 15.3. The van der Waals surface area contributed by atoms with E-state index in [4.69, 9.17) is 4.74 Å². The first kappa shape index (κ1) is 18.7. The molecule has 0 aliphatic heterocycles. The van der Waals surface area contributed by atoms with Crippen LogP contribution in [0.5, 0.6) is 11.5 Å². The first-order valence-electron chi connectivity index (χ1n) is 8.72. The summed E-state index contributed by atoms with van der Waals surface area (Å²) in [5.41, 5.74) is 2.48. The van der Waals surface area contributed by atoms with Crippen molar-refractivity contribution < 1.29 is 9.53 Å². The number of benzene rings is 3. The van der Waals surface area contributed by atoms with Gasteiger partial charge in [0.05, 0.1) is 0 Å². The summed E-state index contributed by atoms with van der Waals surface area (Å²) < 4.78 is 5.72. The molecule has 0 spiro atoms. The van der Waals surface area contributed by atoms with Gasteiger partial charge in [-0.05, 0) is 55.5 Å². The van der Waals surface area contributed by atoms with Gasteiger partial charge in [0.1, 0.15) is 23.1 Å². The van der Waals surface area contributed by atoms with Gasteiger partial charge in [0.15, 0.2) is 0 Å². The van der Waals surface area contributed by atoms with E-state index in [1.165, 1.54) is 6.20 Å². The number of hydrogen-bond acceptors (Lipinski definition) is 4. The van der Waals surface area contributed by atoms with Gasteiger partial charge in [-0.1, -0.05) is 35.9 Å². The van der Waals surface area contributed by atoms with Gasteiger partial charge < -0.3 is 15.4 Å². The van der Waals surface area contributed by atoms with Crippen LogP contribution in [-0.2, 0) is 4.79 Å². The highest BCUT2D eigenvalue weighted by molar-refractivity contribution is 6.06. The van der Waals surface area contributed by atoms with Gasteiger partial charge in [-0.3, -0.25) is 4.79 Å². The van der Waals surface area contributed by atoms with Crippen LogP contribution < -0.4 is 15.4 Å². The number of carbonyl (C=O) groups excluding carboxylic acids is 1. The number of hydrogen-bond donors (Lipinski definition) is 2. The average molecular weight is 369 g/mol. The highest BCUT2D eigenvalue weighted by Gasteiger charge is 2.09. The number of carbonyl (C=O) groups is 1. The molecule has 138 valence electrons. The summed E-state index contributed by atoms with van der Waals surface area (Å²) >= 11 is 0. The molecule has 3 aromatic rings. The van der Waals surface area contributed by atoms with E-state index in [0.29, 0.717) is 11.4 Å². The van der Waals surface area contributed by atoms with E-state index in [1.807, 2.05) is 67.6 Å². The Hall–Kier alpha value is -4.04. The molecule has 5 nitrogen and oxygen atoms in total. The predicted octanol–water partition coefficient (Wildman–Crippen LogP) is 5.25. The number of anilines is 2. The molecule has 3 aromatic carbocycles. The average Bonchev–Trinajstić information content (AvgIpc) is 2.72. The Labute approximate surface area is 163 Å². The minimum atomic E-state index is -0.487. The van der Waals surface area contributed by atoms with E-state index in [0.717, 1.165) is 17.0 Å². The number of para-hydroxylation sites is 1. The van der Waals surface area contributed by atoms with Crippen molar-refractivity contribution in [2.45, 2.75) is 6.92 Å². The number of aryl methyl sites for hydroxylation is 1. The first-order chi connectivity index (χ1) is 13.6. The summed E-state index contributed by atoms with van der Waals surface area (Å²) in [5.74, 6) is 0.899. The van der Waals surface area contributed by atoms with Crippen molar-refractivity contribution in [2.24, 2.45) is 0 Å². The third-order valence-corrected chi connectivity index (χ3v) is 3.89. The lowest BCUT2D eigenvalue weighted by atomic mass is 10.2. The highest BCUT2D eigenvalue weighted by Crippen LogP contribution is 2.22. The highest BCUT2D eigenvalue weighted by atomic mass is 16.5. The smallest absolute Gasteiger partial charge is 0.267 e. The van der Waals surface area contributed by atoms with Gasteiger partial charge in [0.2, 0.25) is 0 Å². The maximum Gasteiger partial charge on any atom is 0.267 e. The number of nitrogens with zero attached hydrogens (tertiary/aromatic N) is 1. The molecule has 0 aliphatic carbocycles. The molecule has 0 fully saturated rings. The number of rotatable bonds is 6. The number of ether oxygens (including phenoxy) is 1. The Morgan fingerprint density at radius 3 is 2.14 bits per heavy atom. The molecule has 0 bridgehead atoms. The first-order valence-corrected chi connectivity index (χ1v) is 8.72. The van der Waals surface area contributed by atoms with Crippen molar-refractivity contribution in [3.63, 3.8) is 0 Å². The Morgan fingerprint density at radius 1 is 0.893 bits per heavy atom. The Kier molecular flexibility index (Phi) is 6.06. The lowest BCUT2D eigenvalue weighted by Crippen LogP contribution is -2.14. The Morgan fingerprint density at radius 2 is 1.50 bits per heavy atom. The molecule has 1 amide bonds. The molecule has 0 aromatic heterocycles. The SMILES string of the molecule is Cc1ccc(N/C=C(/C#N)C(=O)Nc2ccc(Oc3ccccc3)cc2)cc1. The van der Waals surface area contributed by atoms with Gasteiger partial charge in [0, 0.05) is 17.6 Å². The van der Waals surface area contributed by atoms with Crippen LogP contribution in [0.1, 0.15) is 5.56 Å². The normalized spacial score (nSPS) is 10.6. The number of nitrogens with one attached hydrogen (secondary N) is 2. The van der Waals surface area contributed by atoms with Crippen LogP contribution in [-0.4, -0.2) is 5.91 Å². The summed E-state index contributed by atoms with van der Waals surface area (Å²) in [4.78, 5) is 12.3. The fraction of sp³-hybridized carbons (Fsp3) is 0.0435. The molecular formula is C23H19N3O2. The minimum Gasteiger partial charge on any atom is -0.457 e. The van der Waals surface area contributed by atoms with Crippen LogP contribution in [0.4, 0.5) is 11.4 Å². The van der Waals surface area contributed by atoms with Crippen molar-refractivity contribution in [3.8, 4) is 17.6 Å². The zero-order chi connectivity index (χ0) is 19.8. The van der Waals surface area contributed by atoms with Crippen LogP contribution in [0, 0.1) is 18.3 Å². The second-order valence-corrected chi connectivity index (χ2v) is 6.07. The maximum atomic E-state index is 12.3. The third-order valence-electron chi connectivity index (χ3n) is 3.89. The molecule has 0 saturated carbocycles. The molecule has 0 aliphatic rings. The molecule has 0 radical (unpaired) electrons. The lowest BCUT2D eigenvalue weighted by Gasteiger charge is -2.08. The molecule has 3 rings (SSSR count). The lowest BCUT2D eigenvalue weighted by molar-refractivity contribution is -0.112. The van der Waals surface area contributed by atoms with E-state index in [9.17, 15) is 10.1 Å². The van der Waals surface area contributed by atoms with E-state index < -0.39 is 5.91 Å². The number of amides is 1. The molecular weight excluding hydrogens is 350 g/mol. The van der Waals surface area contributed by atoms with Crippen molar-refractivity contribution in [1.29, 1.82) is 5.26 Å². The largest absolute Gasteiger partial charge is 0.457 e. The van der Waals surface area contributed by atoms with Crippen molar-refractivity contribution in [2.75, 3.05) is 10.6 Å². The molecule has 28 heavy (non-hydrogen) atoms. The van der Waals surface area contributed by atoms with Crippen LogP contribution in [0.25, 0.3) is 0 Å². The van der Waals surface area contributed by atoms with Crippen LogP contribution >= 0.6 is 0 Å². The van der Waals surface area contributed by atoms with Gasteiger partial charge in [-0.15, -0.1) is 0 Å². The van der Waals surface area contributed by atoms with Gasteiger partial charge in [-0.2, -0.15) is 5.26 Å². The number of nitriles is 1. The van der Waals surface area contributed by atoms with Crippen LogP contribution in [0.3, 0.4) is 0 Å². The molecule has 0 atom stereocenters. The molecule has 0 unspecified atom stereocenters. The van der Waals surface area contributed by atoms with E-state index in [-0.39, 0.29) is 5.57 Å². The monoisotopic (exact) mass is 369 g/mol. The summed E-state index contributed by atoms with van der Waals surface area (Å²) in [6, 6.07) is 25.9. The Bertz CT molecular complexity index is 1000. The third kappa shape index (κ3) is 5.23. The molecule has 0 saturated heterocycles. The molecule has 0 heterocycles. The predicted molar refractivity (Wildman–Crippen MR) is 110 cm³/mol. The van der Waals surface area contributed by atoms with Crippen LogP contribution in [0.2, 0.25) is 0 Å². The fourth-order valence-electron chi connectivity index (χ4n) is 2.38. The van der Waals surface area contributed by atoms with Crippen molar-refractivity contribution >= 4 is 17.3 Å². The summed E-state index contributed by atoms with van der Waals surface area (Å²) in [6.07, 6.45) is 1.40. The Balaban J connectivity index is 1.61. The van der Waals surface area contributed by atoms with Gasteiger partial charge >= 0.3 is 0 Å². The maximum absolute atomic E-state index is 12.3. The van der Waals surface area contributed by atoms with Gasteiger partial charge in [0.25, 0.3) is 5.91 Å². The fourth-order valence-corrected chi connectivity index (χ4v) is 2.38. The molecule has 5 heteroatoms. The minimum absolute atomic E-state index is 0.0230. The standard InChI is InChI=1S/C23H19N3O2/c1-17-7-9-19(10-8-17)25-16-18(15-24)23(27)26-20-11-13-22(14-12-20)28-21-5-3-2-4-6-21/h2-14,16,25H,1H3,(H,26,27)/b18-16-. The zero-order valence-electron chi connectivity index (χ0n) is 15.3. The van der Waals surface area contributed by atoms with E-state index in [1.54, 1.807) is 24.3 Å². The summed E-state index contributed by atoms with van der Waals surface area (Å²) in [6.45, 7) is 1.99. The summed E-state index contributed by atoms with van der Waals surface area (Å²) in [5, 5.41) is 14.9. The molecule has 2 N–H and O–H groups in total. The second kappa shape index (κ2) is 9.06. The summed E-state index contributed by atoms with van der Waals surface area (Å²) in [7, 11) is 0.